The van der Waals surface area contributed by atoms with Gasteiger partial charge in [0.25, 0.3) is 0 Å². The van der Waals surface area contributed by atoms with E-state index in [1.165, 1.54) is 22.3 Å². The van der Waals surface area contributed by atoms with Crippen molar-refractivity contribution in [2.75, 3.05) is 9.80 Å². The van der Waals surface area contributed by atoms with E-state index in [2.05, 4.69) is 206 Å². The molecule has 9 aromatic carbocycles. The first-order valence-corrected chi connectivity index (χ1v) is 20.9. The van der Waals surface area contributed by atoms with Crippen LogP contribution in [0.1, 0.15) is 25.0 Å². The molecule has 0 saturated carbocycles. The lowest BCUT2D eigenvalue weighted by Gasteiger charge is -2.33. The minimum atomic E-state index is -0.123. The molecule has 0 bridgehead atoms. The largest absolute Gasteiger partial charge is 0.456 e. The van der Waals surface area contributed by atoms with E-state index in [1.807, 2.05) is 24.3 Å². The summed E-state index contributed by atoms with van der Waals surface area (Å²) in [5.74, 6) is 1.66. The lowest BCUT2D eigenvalue weighted by molar-refractivity contribution is 0.477. The number of fused-ring (bicyclic) bond motifs is 8. The van der Waals surface area contributed by atoms with Gasteiger partial charge in [-0.3, -0.25) is 0 Å². The van der Waals surface area contributed by atoms with Crippen molar-refractivity contribution in [1.29, 1.82) is 0 Å². The van der Waals surface area contributed by atoms with Crippen LogP contribution in [0.15, 0.2) is 211 Å². The van der Waals surface area contributed by atoms with Crippen LogP contribution in [-0.2, 0) is 5.41 Å². The molecular weight excluding hydrogens is 745 g/mol. The van der Waals surface area contributed by atoms with Crippen molar-refractivity contribution in [3.63, 3.8) is 0 Å². The average Bonchev–Trinajstić information content (AvgIpc) is 3.80. The first kappa shape index (κ1) is 35.2. The molecule has 0 fully saturated rings. The van der Waals surface area contributed by atoms with Gasteiger partial charge in [0.1, 0.15) is 11.2 Å². The minimum Gasteiger partial charge on any atom is -0.456 e. The molecule has 2 heterocycles. The second-order valence-electron chi connectivity index (χ2n) is 16.6. The zero-order valence-corrected chi connectivity index (χ0v) is 33.8. The predicted octanol–water partition coefficient (Wildman–Crippen LogP) is 16.3. The third kappa shape index (κ3) is 5.67. The second kappa shape index (κ2) is 13.6. The van der Waals surface area contributed by atoms with Gasteiger partial charge in [-0.15, -0.1) is 0 Å². The number of furan rings is 1. The molecule has 2 aliphatic rings. The van der Waals surface area contributed by atoms with Crippen molar-refractivity contribution in [2.24, 2.45) is 0 Å². The van der Waals surface area contributed by atoms with Crippen LogP contribution >= 0.6 is 0 Å². The van der Waals surface area contributed by atoms with E-state index in [9.17, 15) is 0 Å². The molecule has 12 rings (SSSR count). The van der Waals surface area contributed by atoms with Gasteiger partial charge in [0, 0.05) is 38.9 Å². The number of hydrogen-bond acceptors (Lipinski definition) is 4. The zero-order chi connectivity index (χ0) is 40.7. The van der Waals surface area contributed by atoms with Crippen molar-refractivity contribution in [3.05, 3.63) is 217 Å². The number of hydrogen-bond donors (Lipinski definition) is 0. The second-order valence-corrected chi connectivity index (χ2v) is 16.6. The van der Waals surface area contributed by atoms with Gasteiger partial charge in [0.05, 0.1) is 11.4 Å². The highest BCUT2D eigenvalue weighted by molar-refractivity contribution is 6.06. The van der Waals surface area contributed by atoms with E-state index in [-0.39, 0.29) is 5.41 Å². The molecule has 1 aliphatic heterocycles. The Morgan fingerprint density at radius 1 is 0.410 bits per heavy atom. The van der Waals surface area contributed by atoms with Gasteiger partial charge >= 0.3 is 0 Å². The topological polar surface area (TPSA) is 28.9 Å². The standard InChI is InChI=1S/C57H40N2O2/c1-57(2)49-16-8-6-14-45(49)46-31-30-44(36-50(46)57)58(42-26-20-37(21-27-42)39-25-33-54-48(34-39)47-15-7-10-18-53(47)60-54)43-28-22-38(23-29-43)40-24-32-52-56(35-40)61-55-19-11-9-17-51(55)59(52)41-12-4-3-5-13-41/h3-36H,1-2H3. The SMILES string of the molecule is CC1(C)c2ccccc2-c2ccc(N(c3ccc(-c4ccc5c(c4)Oc4ccccc4N5c4ccccc4)cc3)c3ccc(-c4ccc5oc6ccccc6c5c4)cc3)cc21. The van der Waals surface area contributed by atoms with Crippen LogP contribution in [0.5, 0.6) is 11.5 Å². The molecule has 290 valence electrons. The lowest BCUT2D eigenvalue weighted by atomic mass is 9.82. The number of ether oxygens (including phenoxy) is 1. The van der Waals surface area contributed by atoms with E-state index < -0.39 is 0 Å². The summed E-state index contributed by atoms with van der Waals surface area (Å²) in [5, 5.41) is 2.26. The minimum absolute atomic E-state index is 0.123. The van der Waals surface area contributed by atoms with Gasteiger partial charge in [-0.05, 0) is 136 Å². The molecule has 4 nitrogen and oxygen atoms in total. The summed E-state index contributed by atoms with van der Waals surface area (Å²) >= 11 is 0. The molecule has 0 amide bonds. The molecule has 1 aromatic heterocycles. The Morgan fingerprint density at radius 2 is 1.00 bits per heavy atom. The van der Waals surface area contributed by atoms with Crippen molar-refractivity contribution in [2.45, 2.75) is 19.3 Å². The van der Waals surface area contributed by atoms with Crippen molar-refractivity contribution < 1.29 is 9.15 Å². The summed E-state index contributed by atoms with van der Waals surface area (Å²) < 4.78 is 12.7. The number of benzene rings is 9. The molecule has 1 aliphatic carbocycles. The Kier molecular flexibility index (Phi) is 7.85. The monoisotopic (exact) mass is 784 g/mol. The third-order valence-corrected chi connectivity index (χ3v) is 12.7. The fourth-order valence-corrected chi connectivity index (χ4v) is 9.58. The summed E-state index contributed by atoms with van der Waals surface area (Å²) in [7, 11) is 0. The Morgan fingerprint density at radius 3 is 1.80 bits per heavy atom. The first-order valence-electron chi connectivity index (χ1n) is 20.9. The average molecular weight is 785 g/mol. The highest BCUT2D eigenvalue weighted by atomic mass is 16.5. The quantitative estimate of drug-likeness (QED) is 0.168. The summed E-state index contributed by atoms with van der Waals surface area (Å²) in [4.78, 5) is 4.66. The molecule has 10 aromatic rings. The number of para-hydroxylation sites is 4. The number of nitrogens with zero attached hydrogens (tertiary/aromatic N) is 2. The molecule has 0 N–H and O–H groups in total. The number of anilines is 6. The Hall–Kier alpha value is -7.82. The highest BCUT2D eigenvalue weighted by Crippen LogP contribution is 2.53. The van der Waals surface area contributed by atoms with E-state index in [4.69, 9.17) is 9.15 Å². The van der Waals surface area contributed by atoms with E-state index in [0.29, 0.717) is 0 Å². The summed E-state index contributed by atoms with van der Waals surface area (Å²) in [6, 6.07) is 73.7. The Bertz CT molecular complexity index is 3310. The smallest absolute Gasteiger partial charge is 0.152 e. The zero-order valence-electron chi connectivity index (χ0n) is 33.8. The van der Waals surface area contributed by atoms with Crippen LogP contribution in [0.25, 0.3) is 55.3 Å². The fourth-order valence-electron chi connectivity index (χ4n) is 9.58. The van der Waals surface area contributed by atoms with Gasteiger partial charge in [0.15, 0.2) is 11.5 Å². The molecule has 0 radical (unpaired) electrons. The third-order valence-electron chi connectivity index (χ3n) is 12.7. The first-order chi connectivity index (χ1) is 30.0. The molecule has 0 unspecified atom stereocenters. The van der Waals surface area contributed by atoms with Crippen LogP contribution in [0.4, 0.5) is 34.1 Å². The van der Waals surface area contributed by atoms with Crippen LogP contribution in [-0.4, -0.2) is 0 Å². The van der Waals surface area contributed by atoms with Crippen LogP contribution in [0.2, 0.25) is 0 Å². The maximum absolute atomic E-state index is 6.57. The molecule has 0 spiro atoms. The van der Waals surface area contributed by atoms with Gasteiger partial charge < -0.3 is 19.0 Å². The van der Waals surface area contributed by atoms with E-state index in [0.717, 1.165) is 89.8 Å². The van der Waals surface area contributed by atoms with Gasteiger partial charge in [-0.1, -0.05) is 129 Å². The van der Waals surface area contributed by atoms with Crippen molar-refractivity contribution >= 4 is 56.1 Å². The maximum Gasteiger partial charge on any atom is 0.152 e. The lowest BCUT2D eigenvalue weighted by Crippen LogP contribution is -2.16. The van der Waals surface area contributed by atoms with E-state index in [1.54, 1.807) is 0 Å². The van der Waals surface area contributed by atoms with Gasteiger partial charge in [-0.25, -0.2) is 0 Å². The van der Waals surface area contributed by atoms with Gasteiger partial charge in [-0.2, -0.15) is 0 Å². The summed E-state index contributed by atoms with van der Waals surface area (Å²) in [6.45, 7) is 4.69. The summed E-state index contributed by atoms with van der Waals surface area (Å²) in [6.07, 6.45) is 0. The maximum atomic E-state index is 6.57. The predicted molar refractivity (Wildman–Crippen MR) is 252 cm³/mol. The highest BCUT2D eigenvalue weighted by Gasteiger charge is 2.36. The van der Waals surface area contributed by atoms with Gasteiger partial charge in [0.2, 0.25) is 0 Å². The molecule has 0 saturated heterocycles. The van der Waals surface area contributed by atoms with Crippen LogP contribution in [0, 0.1) is 0 Å². The van der Waals surface area contributed by atoms with Crippen molar-refractivity contribution in [3.8, 4) is 44.9 Å². The molecule has 61 heavy (non-hydrogen) atoms. The van der Waals surface area contributed by atoms with Crippen molar-refractivity contribution in [1.82, 2.24) is 0 Å². The molecule has 4 heteroatoms. The van der Waals surface area contributed by atoms with E-state index >= 15 is 0 Å². The summed E-state index contributed by atoms with van der Waals surface area (Å²) in [5.41, 5.74) is 18.0. The number of rotatable bonds is 6. The van der Waals surface area contributed by atoms with Crippen LogP contribution in [0.3, 0.4) is 0 Å². The normalized spacial score (nSPS) is 13.3. The van der Waals surface area contributed by atoms with Crippen LogP contribution < -0.4 is 14.5 Å². The molecule has 0 atom stereocenters. The fraction of sp³-hybridized carbons (Fsp3) is 0.0526. The Labute approximate surface area is 355 Å². The Balaban J connectivity index is 0.928. The molecular formula is C57H40N2O2.